The van der Waals surface area contributed by atoms with Gasteiger partial charge in [-0.2, -0.15) is 0 Å². The normalized spacial score (nSPS) is 13.8. The number of hydrogen-bond donors (Lipinski definition) is 0. The molecule has 0 fully saturated rings. The van der Waals surface area contributed by atoms with Crippen LogP contribution in [0.4, 0.5) is 0 Å². The van der Waals surface area contributed by atoms with Crippen LogP contribution in [0.3, 0.4) is 0 Å². The molecule has 1 aromatic carbocycles. The van der Waals surface area contributed by atoms with Crippen molar-refractivity contribution in [3.8, 4) is 0 Å². The van der Waals surface area contributed by atoms with Gasteiger partial charge in [0.25, 0.3) is 0 Å². The first-order chi connectivity index (χ1) is 7.95. The van der Waals surface area contributed by atoms with Crippen molar-refractivity contribution in [2.45, 2.75) is 11.8 Å². The molecule has 0 aliphatic heterocycles. The zero-order valence-electron chi connectivity index (χ0n) is 9.68. The Kier molecular flexibility index (Phi) is 5.14. The van der Waals surface area contributed by atoms with Crippen molar-refractivity contribution in [1.82, 2.24) is 0 Å². The molecule has 0 saturated carbocycles. The van der Waals surface area contributed by atoms with Crippen LogP contribution in [0.2, 0.25) is 0 Å². The minimum absolute atomic E-state index is 0.181. The van der Waals surface area contributed by atoms with Gasteiger partial charge in [0, 0.05) is 15.6 Å². The number of carbonyl (C=O) groups excluding carboxylic acids is 1. The molecule has 0 aliphatic carbocycles. The van der Waals surface area contributed by atoms with E-state index in [-0.39, 0.29) is 6.54 Å². The summed E-state index contributed by atoms with van der Waals surface area (Å²) in [5, 5.41) is 0. The van der Waals surface area contributed by atoms with Gasteiger partial charge in [-0.15, -0.1) is 0 Å². The van der Waals surface area contributed by atoms with Gasteiger partial charge < -0.3 is 4.74 Å². The Bertz CT molecular complexity index is 504. The van der Waals surface area contributed by atoms with Gasteiger partial charge in [0.05, 0.1) is 16.3 Å². The highest BCUT2D eigenvalue weighted by Crippen LogP contribution is 2.16. The molecule has 6 heteroatoms. The number of nitrogens with zero attached hydrogens (tertiary/aromatic N) is 1. The van der Waals surface area contributed by atoms with E-state index in [1.54, 1.807) is 31.2 Å². The van der Waals surface area contributed by atoms with Crippen molar-refractivity contribution in [1.29, 1.82) is 0 Å². The van der Waals surface area contributed by atoms with Crippen molar-refractivity contribution in [3.63, 3.8) is 0 Å². The molecule has 0 heterocycles. The van der Waals surface area contributed by atoms with Crippen molar-refractivity contribution >= 4 is 31.6 Å². The fourth-order valence-corrected chi connectivity index (χ4v) is 2.55. The molecule has 0 bridgehead atoms. The molecule has 0 radical (unpaired) electrons. The first-order valence-electron chi connectivity index (χ1n) is 5.05. The quantitative estimate of drug-likeness (QED) is 0.801. The number of carbonyl (C=O) groups is 1. The largest absolute Gasteiger partial charge is 0.465 e. The number of benzene rings is 1. The maximum absolute atomic E-state index is 12.2. The average molecular weight is 320 g/mol. The lowest BCUT2D eigenvalue weighted by Crippen LogP contribution is -2.10. The molecule has 0 aliphatic rings. The van der Waals surface area contributed by atoms with Gasteiger partial charge in [0.1, 0.15) is 6.54 Å². The molecule has 1 rings (SSSR count). The van der Waals surface area contributed by atoms with Gasteiger partial charge in [-0.3, -0.25) is 4.79 Å². The first-order valence-corrected chi connectivity index (χ1v) is 7.76. The second kappa shape index (κ2) is 6.16. The summed E-state index contributed by atoms with van der Waals surface area (Å²) < 4.78 is 21.8. The summed E-state index contributed by atoms with van der Waals surface area (Å²) in [5.74, 6) is -0.459. The second-order valence-corrected chi connectivity index (χ2v) is 6.60. The highest BCUT2D eigenvalue weighted by Gasteiger charge is 2.07. The average Bonchev–Trinajstić information content (AvgIpc) is 2.28. The molecule has 94 valence electrons. The number of esters is 1. The fraction of sp³-hybridized carbons (Fsp3) is 0.364. The van der Waals surface area contributed by atoms with E-state index in [2.05, 4.69) is 20.3 Å². The van der Waals surface area contributed by atoms with E-state index >= 15 is 0 Å². The highest BCUT2D eigenvalue weighted by molar-refractivity contribution is 9.10. The van der Waals surface area contributed by atoms with Crippen LogP contribution in [0.25, 0.3) is 0 Å². The first kappa shape index (κ1) is 14.2. The SMILES string of the molecule is CCOC(=O)CN=S(C)(=O)c1ccc(Br)cc1. The van der Waals surface area contributed by atoms with Crippen molar-refractivity contribution in [3.05, 3.63) is 28.7 Å². The number of ether oxygens (including phenoxy) is 1. The van der Waals surface area contributed by atoms with Gasteiger partial charge in [-0.1, -0.05) is 15.9 Å². The van der Waals surface area contributed by atoms with Crippen LogP contribution in [-0.2, 0) is 19.3 Å². The fourth-order valence-electron chi connectivity index (χ4n) is 1.14. The highest BCUT2D eigenvalue weighted by atomic mass is 79.9. The van der Waals surface area contributed by atoms with Crippen LogP contribution in [0.1, 0.15) is 6.92 Å². The molecule has 0 aromatic heterocycles. The van der Waals surface area contributed by atoms with E-state index in [4.69, 9.17) is 4.74 Å². The second-order valence-electron chi connectivity index (χ2n) is 3.35. The summed E-state index contributed by atoms with van der Waals surface area (Å²) in [4.78, 5) is 11.7. The predicted octanol–water partition coefficient (Wildman–Crippen LogP) is 2.47. The van der Waals surface area contributed by atoms with Crippen molar-refractivity contribution in [2.75, 3.05) is 19.4 Å². The lowest BCUT2D eigenvalue weighted by atomic mass is 10.4. The number of rotatable bonds is 4. The number of hydrogen-bond acceptors (Lipinski definition) is 4. The predicted molar refractivity (Wildman–Crippen MR) is 70.4 cm³/mol. The van der Waals surface area contributed by atoms with Crippen molar-refractivity contribution in [2.24, 2.45) is 4.36 Å². The number of halogens is 1. The molecular formula is C11H14BrNO3S. The van der Waals surface area contributed by atoms with E-state index in [1.165, 1.54) is 6.26 Å². The molecule has 0 N–H and O–H groups in total. The molecule has 1 unspecified atom stereocenters. The maximum Gasteiger partial charge on any atom is 0.328 e. The van der Waals surface area contributed by atoms with E-state index in [9.17, 15) is 9.00 Å². The molecule has 0 spiro atoms. The van der Waals surface area contributed by atoms with Gasteiger partial charge in [-0.05, 0) is 31.2 Å². The van der Waals surface area contributed by atoms with E-state index in [1.807, 2.05) is 0 Å². The zero-order chi connectivity index (χ0) is 12.9. The molecule has 1 aromatic rings. The minimum atomic E-state index is -2.54. The van der Waals surface area contributed by atoms with Crippen molar-refractivity contribution < 1.29 is 13.7 Å². The molecule has 4 nitrogen and oxygen atoms in total. The Labute approximate surface area is 110 Å². The van der Waals surface area contributed by atoms with E-state index in [0.717, 1.165) is 4.47 Å². The molecular weight excluding hydrogens is 306 g/mol. The van der Waals surface area contributed by atoms with Crippen LogP contribution >= 0.6 is 15.9 Å². The maximum atomic E-state index is 12.2. The van der Waals surface area contributed by atoms with Crippen LogP contribution in [0.5, 0.6) is 0 Å². The third-order valence-electron chi connectivity index (χ3n) is 2.00. The smallest absolute Gasteiger partial charge is 0.328 e. The summed E-state index contributed by atoms with van der Waals surface area (Å²) >= 11 is 3.30. The van der Waals surface area contributed by atoms with Crippen LogP contribution in [0.15, 0.2) is 38.0 Å². The summed E-state index contributed by atoms with van der Waals surface area (Å²) in [5.41, 5.74) is 0. The van der Waals surface area contributed by atoms with Crippen LogP contribution < -0.4 is 0 Å². The Morgan fingerprint density at radius 3 is 2.53 bits per heavy atom. The molecule has 17 heavy (non-hydrogen) atoms. The monoisotopic (exact) mass is 319 g/mol. The van der Waals surface area contributed by atoms with Gasteiger partial charge >= 0.3 is 5.97 Å². The lowest BCUT2D eigenvalue weighted by molar-refractivity contribution is -0.141. The lowest BCUT2D eigenvalue weighted by Gasteiger charge is -2.04. The Balaban J connectivity index is 2.87. The topological polar surface area (TPSA) is 55.7 Å². The van der Waals surface area contributed by atoms with Crippen LogP contribution in [-0.4, -0.2) is 29.6 Å². The summed E-state index contributed by atoms with van der Waals surface area (Å²) in [7, 11) is -2.54. The molecule has 0 saturated heterocycles. The van der Waals surface area contributed by atoms with Gasteiger partial charge in [-0.25, -0.2) is 8.57 Å². The van der Waals surface area contributed by atoms with Gasteiger partial charge in [0.2, 0.25) is 0 Å². The third-order valence-corrected chi connectivity index (χ3v) is 4.29. The molecule has 0 amide bonds. The Morgan fingerprint density at radius 2 is 2.00 bits per heavy atom. The van der Waals surface area contributed by atoms with Gasteiger partial charge in [0.15, 0.2) is 0 Å². The van der Waals surface area contributed by atoms with E-state index in [0.29, 0.717) is 11.5 Å². The standard InChI is InChI=1S/C11H14BrNO3S/c1-3-16-11(14)8-13-17(2,15)10-6-4-9(12)5-7-10/h4-7H,3,8H2,1-2H3. The Hall–Kier alpha value is -0.880. The summed E-state index contributed by atoms with van der Waals surface area (Å²) in [6, 6.07) is 7.03. The minimum Gasteiger partial charge on any atom is -0.465 e. The van der Waals surface area contributed by atoms with Crippen LogP contribution in [0, 0.1) is 0 Å². The summed E-state index contributed by atoms with van der Waals surface area (Å²) in [6.07, 6.45) is 1.51. The van der Waals surface area contributed by atoms with E-state index < -0.39 is 15.7 Å². The summed E-state index contributed by atoms with van der Waals surface area (Å²) in [6.45, 7) is 1.84. The zero-order valence-corrected chi connectivity index (χ0v) is 12.1. The molecule has 1 atom stereocenters. The third kappa shape index (κ3) is 4.47. The Morgan fingerprint density at radius 1 is 1.41 bits per heavy atom.